The van der Waals surface area contributed by atoms with Gasteiger partial charge in [-0.2, -0.15) is 13.2 Å². The lowest BCUT2D eigenvalue weighted by Gasteiger charge is -2.10. The molecule has 0 saturated carbocycles. The molecule has 0 fully saturated rings. The Hall–Kier alpha value is -1.48. The largest absolute Gasteiger partial charge is 0.481 e. The van der Waals surface area contributed by atoms with Gasteiger partial charge in [-0.05, 0) is 34.1 Å². The zero-order valence-electron chi connectivity index (χ0n) is 10.9. The molecule has 0 saturated heterocycles. The van der Waals surface area contributed by atoms with Gasteiger partial charge in [0.15, 0.2) is 13.2 Å². The Balaban J connectivity index is 2.30. The summed E-state index contributed by atoms with van der Waals surface area (Å²) < 4.78 is 45.6. The highest BCUT2D eigenvalue weighted by Gasteiger charge is 2.27. The van der Waals surface area contributed by atoms with Crippen LogP contribution in [0.2, 0.25) is 5.02 Å². The summed E-state index contributed by atoms with van der Waals surface area (Å²) >= 11 is 8.89. The highest BCUT2D eigenvalue weighted by Crippen LogP contribution is 2.27. The van der Waals surface area contributed by atoms with Gasteiger partial charge in [0, 0.05) is 5.02 Å². The number of carbonyl (C=O) groups excluding carboxylic acids is 2. The number of hydrogen-bond donors (Lipinski definition) is 1. The molecule has 5 nitrogen and oxygen atoms in total. The predicted molar refractivity (Wildman–Crippen MR) is 74.7 cm³/mol. The molecular weight excluding hydrogens is 394 g/mol. The number of esters is 1. The maximum absolute atomic E-state index is 11.8. The average Bonchev–Trinajstić information content (AvgIpc) is 2.41. The van der Waals surface area contributed by atoms with Crippen molar-refractivity contribution < 1.29 is 32.2 Å². The lowest BCUT2D eigenvalue weighted by molar-refractivity contribution is -0.152. The van der Waals surface area contributed by atoms with Crippen molar-refractivity contribution >= 4 is 39.4 Å². The fourth-order valence-corrected chi connectivity index (χ4v) is 1.96. The molecular formula is C12H10BrClF3NO4. The Morgan fingerprint density at radius 1 is 1.27 bits per heavy atom. The third kappa shape index (κ3) is 7.51. The molecule has 10 heteroatoms. The third-order valence-electron chi connectivity index (χ3n) is 2.09. The van der Waals surface area contributed by atoms with E-state index in [0.29, 0.717) is 15.2 Å². The van der Waals surface area contributed by atoms with Gasteiger partial charge in [0.05, 0.1) is 4.47 Å². The molecule has 0 aromatic heterocycles. The zero-order chi connectivity index (χ0) is 16.8. The van der Waals surface area contributed by atoms with E-state index in [1.54, 1.807) is 11.4 Å². The summed E-state index contributed by atoms with van der Waals surface area (Å²) in [5, 5.41) is 2.02. The van der Waals surface area contributed by atoms with Gasteiger partial charge < -0.3 is 14.8 Å². The molecule has 0 spiro atoms. The number of nitrogens with one attached hydrogen (secondary N) is 1. The second kappa shape index (κ2) is 8.23. The van der Waals surface area contributed by atoms with Crippen molar-refractivity contribution in [3.63, 3.8) is 0 Å². The van der Waals surface area contributed by atoms with Crippen LogP contribution in [0.15, 0.2) is 22.7 Å². The number of carbonyl (C=O) groups is 2. The first kappa shape index (κ1) is 18.6. The van der Waals surface area contributed by atoms with E-state index in [2.05, 4.69) is 20.7 Å². The Morgan fingerprint density at radius 3 is 2.55 bits per heavy atom. The molecule has 0 aliphatic rings. The maximum Gasteiger partial charge on any atom is 0.405 e. The molecule has 0 radical (unpaired) electrons. The summed E-state index contributed by atoms with van der Waals surface area (Å²) in [7, 11) is 0. The summed E-state index contributed by atoms with van der Waals surface area (Å²) in [5.74, 6) is -1.63. The van der Waals surface area contributed by atoms with Crippen molar-refractivity contribution in [2.45, 2.75) is 6.18 Å². The fraction of sp³-hybridized carbons (Fsp3) is 0.333. The van der Waals surface area contributed by atoms with Gasteiger partial charge in [-0.3, -0.25) is 4.79 Å². The van der Waals surface area contributed by atoms with Crippen LogP contribution in [0.4, 0.5) is 13.2 Å². The van der Waals surface area contributed by atoms with Crippen molar-refractivity contribution in [1.82, 2.24) is 5.32 Å². The van der Waals surface area contributed by atoms with Gasteiger partial charge in [0.25, 0.3) is 5.91 Å². The molecule has 0 heterocycles. The fourth-order valence-electron chi connectivity index (χ4n) is 1.17. The molecule has 0 aliphatic carbocycles. The topological polar surface area (TPSA) is 64.6 Å². The predicted octanol–water partition coefficient (Wildman–Crippen LogP) is 2.70. The van der Waals surface area contributed by atoms with E-state index in [-0.39, 0.29) is 0 Å². The molecule has 1 rings (SSSR count). The third-order valence-corrected chi connectivity index (χ3v) is 2.94. The molecule has 0 atom stereocenters. The van der Waals surface area contributed by atoms with Crippen LogP contribution in [0.1, 0.15) is 0 Å². The molecule has 1 aromatic rings. The Kier molecular flexibility index (Phi) is 6.95. The smallest absolute Gasteiger partial charge is 0.405 e. The second-order valence-corrected chi connectivity index (χ2v) is 5.21. The lowest BCUT2D eigenvalue weighted by Crippen LogP contribution is -2.36. The summed E-state index contributed by atoms with van der Waals surface area (Å²) in [6.45, 7) is -2.82. The van der Waals surface area contributed by atoms with E-state index in [1.165, 1.54) is 12.1 Å². The van der Waals surface area contributed by atoms with Crippen LogP contribution in [0.3, 0.4) is 0 Å². The zero-order valence-corrected chi connectivity index (χ0v) is 13.2. The number of hydrogen-bond acceptors (Lipinski definition) is 4. The van der Waals surface area contributed by atoms with Crippen LogP contribution < -0.4 is 10.1 Å². The van der Waals surface area contributed by atoms with E-state index in [0.717, 1.165) is 0 Å². The maximum atomic E-state index is 11.8. The second-order valence-electron chi connectivity index (χ2n) is 3.92. The van der Waals surface area contributed by atoms with E-state index >= 15 is 0 Å². The summed E-state index contributed by atoms with van der Waals surface area (Å²) in [4.78, 5) is 22.3. The number of alkyl halides is 3. The van der Waals surface area contributed by atoms with Crippen molar-refractivity contribution in [2.24, 2.45) is 0 Å². The molecule has 22 heavy (non-hydrogen) atoms. The van der Waals surface area contributed by atoms with Crippen molar-refractivity contribution in [2.75, 3.05) is 19.8 Å². The van der Waals surface area contributed by atoms with E-state index in [9.17, 15) is 22.8 Å². The molecule has 0 unspecified atom stereocenters. The van der Waals surface area contributed by atoms with Crippen LogP contribution in [-0.4, -0.2) is 37.8 Å². The number of rotatable bonds is 6. The first-order chi connectivity index (χ1) is 10.2. The SMILES string of the molecule is O=C(COC(=O)COc1ccc(Cl)cc1Br)NCC(F)(F)F. The van der Waals surface area contributed by atoms with Crippen LogP contribution in [0.25, 0.3) is 0 Å². The van der Waals surface area contributed by atoms with Gasteiger partial charge >= 0.3 is 12.1 Å². The van der Waals surface area contributed by atoms with Gasteiger partial charge in [-0.1, -0.05) is 11.6 Å². The van der Waals surface area contributed by atoms with Crippen LogP contribution >= 0.6 is 27.5 Å². The standard InChI is InChI=1S/C12H10BrClF3NO4/c13-8-3-7(14)1-2-9(8)21-5-11(20)22-4-10(19)18-6-12(15,16)17/h1-3H,4-6H2,(H,18,19). The highest BCUT2D eigenvalue weighted by molar-refractivity contribution is 9.10. The van der Waals surface area contributed by atoms with E-state index < -0.39 is 37.8 Å². The van der Waals surface area contributed by atoms with Crippen LogP contribution in [0.5, 0.6) is 5.75 Å². The van der Waals surface area contributed by atoms with Crippen molar-refractivity contribution in [3.05, 3.63) is 27.7 Å². The monoisotopic (exact) mass is 403 g/mol. The Morgan fingerprint density at radius 2 is 1.95 bits per heavy atom. The minimum Gasteiger partial charge on any atom is -0.481 e. The van der Waals surface area contributed by atoms with Gasteiger partial charge in [-0.15, -0.1) is 0 Å². The summed E-state index contributed by atoms with van der Waals surface area (Å²) in [5.41, 5.74) is 0. The minimum absolute atomic E-state index is 0.322. The molecule has 122 valence electrons. The quantitative estimate of drug-likeness (QED) is 0.741. The number of benzene rings is 1. The normalized spacial score (nSPS) is 11.0. The Labute approximate surface area is 136 Å². The van der Waals surface area contributed by atoms with E-state index in [1.807, 2.05) is 0 Å². The number of ether oxygens (including phenoxy) is 2. The van der Waals surface area contributed by atoms with Gasteiger partial charge in [0.1, 0.15) is 12.3 Å². The molecule has 0 bridgehead atoms. The van der Waals surface area contributed by atoms with Crippen molar-refractivity contribution in [1.29, 1.82) is 0 Å². The highest BCUT2D eigenvalue weighted by atomic mass is 79.9. The summed E-state index contributed by atoms with van der Waals surface area (Å²) in [6.07, 6.45) is -4.52. The average molecular weight is 405 g/mol. The molecule has 0 aliphatic heterocycles. The molecule has 1 amide bonds. The number of halogens is 5. The first-order valence-corrected chi connectivity index (χ1v) is 6.91. The lowest BCUT2D eigenvalue weighted by atomic mass is 10.3. The Bertz CT molecular complexity index is 554. The van der Waals surface area contributed by atoms with Crippen LogP contribution in [-0.2, 0) is 14.3 Å². The minimum atomic E-state index is -4.52. The van der Waals surface area contributed by atoms with Gasteiger partial charge in [0.2, 0.25) is 0 Å². The van der Waals surface area contributed by atoms with Crippen LogP contribution in [0, 0.1) is 0 Å². The van der Waals surface area contributed by atoms with Gasteiger partial charge in [-0.25, -0.2) is 4.79 Å². The summed E-state index contributed by atoms with van der Waals surface area (Å²) in [6, 6.07) is 4.60. The molecule has 1 N–H and O–H groups in total. The first-order valence-electron chi connectivity index (χ1n) is 5.74. The van der Waals surface area contributed by atoms with E-state index in [4.69, 9.17) is 16.3 Å². The number of amides is 1. The van der Waals surface area contributed by atoms with Crippen molar-refractivity contribution in [3.8, 4) is 5.75 Å². The molecule has 1 aromatic carbocycles.